The summed E-state index contributed by atoms with van der Waals surface area (Å²) in [6, 6.07) is 21.6. The van der Waals surface area contributed by atoms with Crippen LogP contribution < -0.4 is 10.4 Å². The monoisotopic (exact) mass is 494 g/mol. The first-order chi connectivity index (χ1) is 12.2. The first kappa shape index (κ1) is 21.6. The average molecular weight is 496 g/mol. The molecule has 0 aliphatic carbocycles. The molecule has 0 spiro atoms. The van der Waals surface area contributed by atoms with E-state index in [0.717, 1.165) is 3.39 Å². The third-order valence-corrected chi connectivity index (χ3v) is 10.6. The second-order valence-corrected chi connectivity index (χ2v) is 14.8. The highest BCUT2D eigenvalue weighted by Gasteiger charge is 2.51. The zero-order valence-corrected chi connectivity index (χ0v) is 20.3. The van der Waals surface area contributed by atoms with Gasteiger partial charge in [0.1, 0.15) is 0 Å². The number of hydrogen-bond acceptors (Lipinski definition) is 1. The zero-order valence-electron chi connectivity index (χ0n) is 16.2. The highest BCUT2D eigenvalue weighted by atomic mass is 79.9. The molecule has 0 aromatic heterocycles. The van der Waals surface area contributed by atoms with Gasteiger partial charge >= 0.3 is 0 Å². The van der Waals surface area contributed by atoms with Crippen molar-refractivity contribution in [2.75, 3.05) is 0 Å². The topological polar surface area (TPSA) is 9.23 Å². The van der Waals surface area contributed by atoms with Crippen molar-refractivity contribution in [1.29, 1.82) is 0 Å². The average Bonchev–Trinajstić information content (AvgIpc) is 2.59. The van der Waals surface area contributed by atoms with Gasteiger partial charge in [-0.05, 0) is 54.2 Å². The maximum Gasteiger partial charge on any atom is 0.261 e. The second kappa shape index (κ2) is 9.00. The van der Waals surface area contributed by atoms with E-state index in [4.69, 9.17) is 4.43 Å². The van der Waals surface area contributed by atoms with Gasteiger partial charge in [0.15, 0.2) is 0 Å². The van der Waals surface area contributed by atoms with Crippen molar-refractivity contribution in [2.45, 2.75) is 45.8 Å². The maximum atomic E-state index is 7.09. The molecular formula is C22H28Br2OSi. The van der Waals surface area contributed by atoms with Crippen molar-refractivity contribution in [2.24, 2.45) is 5.92 Å². The molecular weight excluding hydrogens is 468 g/mol. The molecule has 0 amide bonds. The summed E-state index contributed by atoms with van der Waals surface area (Å²) in [6.45, 7) is 11.3. The van der Waals surface area contributed by atoms with E-state index < -0.39 is 8.32 Å². The third-order valence-electron chi connectivity index (χ3n) is 4.91. The minimum Gasteiger partial charge on any atom is -0.404 e. The number of benzene rings is 2. The predicted octanol–water partition coefficient (Wildman–Crippen LogP) is 6.22. The van der Waals surface area contributed by atoms with E-state index in [0.29, 0.717) is 0 Å². The normalized spacial score (nSPS) is 14.6. The molecule has 0 radical (unpaired) electrons. The number of rotatable bonds is 6. The lowest BCUT2D eigenvalue weighted by Crippen LogP contribution is -2.67. The molecule has 0 aliphatic heterocycles. The van der Waals surface area contributed by atoms with E-state index in [1.54, 1.807) is 0 Å². The summed E-state index contributed by atoms with van der Waals surface area (Å²) in [5, 5.41) is 2.64. The Labute approximate surface area is 176 Å². The Hall–Kier alpha value is -0.683. The lowest BCUT2D eigenvalue weighted by molar-refractivity contribution is 0.170. The molecule has 26 heavy (non-hydrogen) atoms. The Balaban J connectivity index is 2.63. The highest BCUT2D eigenvalue weighted by molar-refractivity contribution is 9.28. The van der Waals surface area contributed by atoms with Crippen LogP contribution in [0.25, 0.3) is 0 Å². The molecule has 4 heteroatoms. The van der Waals surface area contributed by atoms with Gasteiger partial charge in [-0.25, -0.2) is 0 Å². The fourth-order valence-electron chi connectivity index (χ4n) is 3.41. The first-order valence-corrected chi connectivity index (χ1v) is 12.5. The minimum absolute atomic E-state index is 0.000957. The van der Waals surface area contributed by atoms with Crippen LogP contribution in [0.2, 0.25) is 5.04 Å². The highest BCUT2D eigenvalue weighted by Crippen LogP contribution is 2.38. The van der Waals surface area contributed by atoms with Crippen LogP contribution in [0.3, 0.4) is 0 Å². The summed E-state index contributed by atoms with van der Waals surface area (Å²) in [5.74, 6) is 0.283. The van der Waals surface area contributed by atoms with Crippen LogP contribution in [0.15, 0.2) is 70.1 Å². The molecule has 2 aromatic carbocycles. The van der Waals surface area contributed by atoms with Crippen molar-refractivity contribution < 1.29 is 4.43 Å². The van der Waals surface area contributed by atoms with Crippen molar-refractivity contribution in [3.8, 4) is 0 Å². The summed E-state index contributed by atoms with van der Waals surface area (Å²) in [4.78, 5) is 0. The lowest BCUT2D eigenvalue weighted by Gasteiger charge is -2.45. The van der Waals surface area contributed by atoms with Crippen LogP contribution in [0.1, 0.15) is 34.6 Å². The zero-order chi connectivity index (χ0) is 19.4. The van der Waals surface area contributed by atoms with E-state index in [1.807, 2.05) is 0 Å². The van der Waals surface area contributed by atoms with Crippen molar-refractivity contribution in [3.63, 3.8) is 0 Å². The first-order valence-electron chi connectivity index (χ1n) is 9.00. The van der Waals surface area contributed by atoms with Gasteiger partial charge in [-0.1, -0.05) is 94.4 Å². The van der Waals surface area contributed by atoms with Gasteiger partial charge < -0.3 is 4.43 Å². The summed E-state index contributed by atoms with van der Waals surface area (Å²) >= 11 is 6.97. The Morgan fingerprint density at radius 1 is 0.885 bits per heavy atom. The molecule has 140 valence electrons. The molecule has 0 unspecified atom stereocenters. The van der Waals surface area contributed by atoms with Gasteiger partial charge in [0, 0.05) is 12.0 Å². The van der Waals surface area contributed by atoms with Crippen LogP contribution in [0, 0.1) is 5.92 Å². The van der Waals surface area contributed by atoms with Gasteiger partial charge in [-0.15, -0.1) is 0 Å². The molecule has 0 saturated heterocycles. The van der Waals surface area contributed by atoms with Crippen LogP contribution in [0.4, 0.5) is 0 Å². The number of hydrogen-bond donors (Lipinski definition) is 0. The molecule has 0 bridgehead atoms. The Morgan fingerprint density at radius 2 is 1.31 bits per heavy atom. The Kier molecular flexibility index (Phi) is 7.49. The number of halogens is 2. The standard InChI is InChI=1S/C22H28Br2OSi/c1-17(16-21(23)24)18(2)25-26(22(3,4)5,19-12-8-6-9-13-19)20-14-10-7-11-15-20/h6-18H,1-5H3/t17-,18-/m1/s1. The van der Waals surface area contributed by atoms with E-state index in [9.17, 15) is 0 Å². The van der Waals surface area contributed by atoms with Crippen molar-refractivity contribution >= 4 is 50.6 Å². The summed E-state index contributed by atoms with van der Waals surface area (Å²) in [5.41, 5.74) is 0. The predicted molar refractivity (Wildman–Crippen MR) is 123 cm³/mol. The molecule has 0 N–H and O–H groups in total. The molecule has 0 aliphatic rings. The van der Waals surface area contributed by atoms with Crippen LogP contribution in [0.5, 0.6) is 0 Å². The van der Waals surface area contributed by atoms with Crippen LogP contribution in [-0.2, 0) is 4.43 Å². The van der Waals surface area contributed by atoms with E-state index >= 15 is 0 Å². The summed E-state index contributed by atoms with van der Waals surface area (Å²) in [6.07, 6.45) is 2.24. The van der Waals surface area contributed by atoms with Gasteiger partial charge in [0.05, 0.1) is 3.39 Å². The summed E-state index contributed by atoms with van der Waals surface area (Å²) < 4.78 is 8.06. The molecule has 1 nitrogen and oxygen atoms in total. The SMILES string of the molecule is C[C@H](C=C(Br)Br)[C@@H](C)O[Si](c1ccccc1)(c1ccccc1)C(C)(C)C. The molecule has 0 fully saturated rings. The molecule has 0 saturated carbocycles. The lowest BCUT2D eigenvalue weighted by atomic mass is 10.1. The smallest absolute Gasteiger partial charge is 0.261 e. The van der Waals surface area contributed by atoms with Crippen molar-refractivity contribution in [3.05, 3.63) is 70.1 Å². The van der Waals surface area contributed by atoms with Gasteiger partial charge in [-0.3, -0.25) is 0 Å². The molecule has 2 aromatic rings. The second-order valence-electron chi connectivity index (χ2n) is 7.80. The van der Waals surface area contributed by atoms with E-state index in [-0.39, 0.29) is 17.1 Å². The van der Waals surface area contributed by atoms with Crippen LogP contribution >= 0.6 is 31.9 Å². The quantitative estimate of drug-likeness (QED) is 0.432. The largest absolute Gasteiger partial charge is 0.404 e. The Bertz CT molecular complexity index is 679. The molecule has 2 atom stereocenters. The van der Waals surface area contributed by atoms with Gasteiger partial charge in [0.2, 0.25) is 0 Å². The fraction of sp³-hybridized carbons (Fsp3) is 0.364. The van der Waals surface area contributed by atoms with Gasteiger partial charge in [-0.2, -0.15) is 0 Å². The van der Waals surface area contributed by atoms with Crippen molar-refractivity contribution in [1.82, 2.24) is 0 Å². The van der Waals surface area contributed by atoms with Gasteiger partial charge in [0.25, 0.3) is 8.32 Å². The summed E-state index contributed by atoms with van der Waals surface area (Å²) in [7, 11) is -2.49. The minimum atomic E-state index is -2.49. The fourth-order valence-corrected chi connectivity index (χ4v) is 9.03. The van der Waals surface area contributed by atoms with Crippen LogP contribution in [-0.4, -0.2) is 14.4 Å². The Morgan fingerprint density at radius 3 is 1.65 bits per heavy atom. The van der Waals surface area contributed by atoms with E-state index in [2.05, 4.69) is 133 Å². The van der Waals surface area contributed by atoms with E-state index in [1.165, 1.54) is 10.4 Å². The molecule has 0 heterocycles. The molecule has 2 rings (SSSR count). The third kappa shape index (κ3) is 4.77. The maximum absolute atomic E-state index is 7.09.